The van der Waals surface area contributed by atoms with Crippen LogP contribution in [0.1, 0.15) is 71.6 Å². The van der Waals surface area contributed by atoms with Gasteiger partial charge in [-0.3, -0.25) is 9.48 Å². The molecule has 4 aliphatic carbocycles. The number of aromatic nitrogens is 2. The van der Waals surface area contributed by atoms with E-state index in [-0.39, 0.29) is 23.2 Å². The summed E-state index contributed by atoms with van der Waals surface area (Å²) in [6.07, 6.45) is 13.3. The quantitative estimate of drug-likeness (QED) is 0.636. The number of fused-ring (bicyclic) bond motifs is 5. The van der Waals surface area contributed by atoms with Crippen molar-refractivity contribution in [3.63, 3.8) is 0 Å². The van der Waals surface area contributed by atoms with E-state index in [4.69, 9.17) is 0 Å². The molecule has 6 heteroatoms. The van der Waals surface area contributed by atoms with Crippen LogP contribution in [0.4, 0.5) is 4.39 Å². The minimum Gasteiger partial charge on any atom is -0.390 e. The number of ketones is 1. The second-order valence-electron chi connectivity index (χ2n) is 11.5. The Balaban J connectivity index is 1.33. The molecule has 0 radical (unpaired) electrons. The molecule has 0 bridgehead atoms. The Morgan fingerprint density at radius 3 is 2.74 bits per heavy atom. The second-order valence-corrected chi connectivity index (χ2v) is 12.4. The van der Waals surface area contributed by atoms with Gasteiger partial charge in [0.05, 0.1) is 18.3 Å². The van der Waals surface area contributed by atoms with Crippen LogP contribution >= 0.6 is 11.8 Å². The number of rotatable bonds is 4. The summed E-state index contributed by atoms with van der Waals surface area (Å²) < 4.78 is 18.3. The number of hydrogen-bond acceptors (Lipinski definition) is 4. The number of carbonyl (C=O) groups is 1. The summed E-state index contributed by atoms with van der Waals surface area (Å²) >= 11 is 1.64. The summed E-state index contributed by atoms with van der Waals surface area (Å²) in [5.74, 6) is 1.34. The molecule has 1 aromatic heterocycles. The van der Waals surface area contributed by atoms with Gasteiger partial charge in [0.2, 0.25) is 0 Å². The summed E-state index contributed by atoms with van der Waals surface area (Å²) in [5, 5.41) is 14.9. The van der Waals surface area contributed by atoms with Crippen LogP contribution in [0.2, 0.25) is 0 Å². The van der Waals surface area contributed by atoms with E-state index in [0.29, 0.717) is 43.4 Å². The highest BCUT2D eigenvalue weighted by molar-refractivity contribution is 7.98. The molecule has 1 heterocycles. The fourth-order valence-electron chi connectivity index (χ4n) is 8.31. The highest BCUT2D eigenvalue weighted by atomic mass is 32.2. The molecule has 4 fully saturated rings. The third-order valence-corrected chi connectivity index (χ3v) is 10.5. The van der Waals surface area contributed by atoms with Crippen LogP contribution in [0.25, 0.3) is 0 Å². The van der Waals surface area contributed by atoms with E-state index in [1.54, 1.807) is 16.4 Å². The number of alkyl halides is 1. The molecule has 0 aromatic carbocycles. The molecule has 0 saturated heterocycles. The number of halogens is 1. The van der Waals surface area contributed by atoms with Crippen LogP contribution < -0.4 is 0 Å². The highest BCUT2D eigenvalue weighted by Gasteiger charge is 2.63. The number of hydrogen-bond donors (Lipinski definition) is 1. The maximum absolute atomic E-state index is 16.5. The SMILES string of the molecule is CSc1cnn(CC(=O)[C@H]2CC[C@H]3[C@@H]4CC[C@@H]5C[C@](C)(O)CC[C@]5(F)C4CC[C@]23C)c1. The molecule has 1 aromatic rings. The van der Waals surface area contributed by atoms with E-state index >= 15 is 4.39 Å². The van der Waals surface area contributed by atoms with Crippen LogP contribution in [-0.2, 0) is 11.3 Å². The van der Waals surface area contributed by atoms with Gasteiger partial charge >= 0.3 is 0 Å². The van der Waals surface area contributed by atoms with Crippen LogP contribution in [-0.4, -0.2) is 38.2 Å². The van der Waals surface area contributed by atoms with Crippen molar-refractivity contribution in [2.75, 3.05) is 6.26 Å². The molecule has 4 aliphatic rings. The Kier molecular flexibility index (Phi) is 5.36. The number of Topliss-reactive ketones (excluding diaryl/α,β-unsaturated/α-hetero) is 1. The highest BCUT2D eigenvalue weighted by Crippen LogP contribution is 2.66. The summed E-state index contributed by atoms with van der Waals surface area (Å²) in [7, 11) is 0. The van der Waals surface area contributed by atoms with Gasteiger partial charge in [-0.2, -0.15) is 5.10 Å². The van der Waals surface area contributed by atoms with Crippen molar-refractivity contribution in [2.45, 2.75) is 94.3 Å². The molecule has 4 nitrogen and oxygen atoms in total. The van der Waals surface area contributed by atoms with Gasteiger partial charge in [-0.05, 0) is 100 Å². The van der Waals surface area contributed by atoms with Crippen molar-refractivity contribution in [1.82, 2.24) is 9.78 Å². The summed E-state index contributed by atoms with van der Waals surface area (Å²) in [4.78, 5) is 14.4. The van der Waals surface area contributed by atoms with Gasteiger partial charge in [0.15, 0.2) is 5.78 Å². The minimum absolute atomic E-state index is 0.00288. The molecule has 8 atom stereocenters. The molecule has 4 saturated carbocycles. The van der Waals surface area contributed by atoms with E-state index in [1.165, 1.54) is 0 Å². The van der Waals surface area contributed by atoms with Crippen molar-refractivity contribution in [1.29, 1.82) is 0 Å². The molecule has 1 unspecified atom stereocenters. The first-order valence-corrected chi connectivity index (χ1v) is 13.4. The van der Waals surface area contributed by atoms with E-state index in [2.05, 4.69) is 12.0 Å². The molecule has 31 heavy (non-hydrogen) atoms. The minimum atomic E-state index is -1.11. The van der Waals surface area contributed by atoms with Crippen molar-refractivity contribution < 1.29 is 14.3 Å². The van der Waals surface area contributed by atoms with Gasteiger partial charge < -0.3 is 5.11 Å². The third kappa shape index (κ3) is 3.51. The van der Waals surface area contributed by atoms with Crippen LogP contribution in [0.15, 0.2) is 17.3 Å². The number of nitrogens with zero attached hydrogens (tertiary/aromatic N) is 2. The van der Waals surface area contributed by atoms with Crippen LogP contribution in [0.3, 0.4) is 0 Å². The molecule has 0 aliphatic heterocycles. The van der Waals surface area contributed by atoms with Crippen molar-refractivity contribution >= 4 is 17.5 Å². The average Bonchev–Trinajstić information content (AvgIpc) is 3.31. The number of thioether (sulfide) groups is 1. The van der Waals surface area contributed by atoms with Gasteiger partial charge in [-0.25, -0.2) is 4.39 Å². The standard InChI is InChI=1S/C25H37FN2O2S/c1-23(30)10-11-25(26)16(12-23)4-5-18-19-6-7-21(24(19,2)9-8-20(18)25)22(29)15-28-14-17(31-3)13-27-28/h13-14,16,18-21,30H,4-12,15H2,1-3H3/t16-,18+,19+,20?,21-,23-,24+,25-/m1/s1. The smallest absolute Gasteiger partial charge is 0.157 e. The van der Waals surface area contributed by atoms with Gasteiger partial charge in [-0.1, -0.05) is 6.92 Å². The molecule has 172 valence electrons. The zero-order valence-corrected chi connectivity index (χ0v) is 20.0. The molecule has 5 rings (SSSR count). The number of aliphatic hydroxyl groups is 1. The Bertz CT molecular complexity index is 856. The molecular weight excluding hydrogens is 411 g/mol. The lowest BCUT2D eigenvalue weighted by Gasteiger charge is -2.59. The molecule has 0 spiro atoms. The first-order chi connectivity index (χ1) is 14.7. The second kappa shape index (κ2) is 7.58. The number of carbonyl (C=O) groups excluding carboxylic acids is 1. The Morgan fingerprint density at radius 2 is 2.00 bits per heavy atom. The molecule has 1 N–H and O–H groups in total. The van der Waals surface area contributed by atoms with Gasteiger partial charge in [0.25, 0.3) is 0 Å². The van der Waals surface area contributed by atoms with E-state index in [0.717, 1.165) is 43.4 Å². The van der Waals surface area contributed by atoms with E-state index in [1.807, 2.05) is 25.6 Å². The lowest BCUT2D eigenvalue weighted by Crippen LogP contribution is -2.58. The van der Waals surface area contributed by atoms with E-state index < -0.39 is 11.3 Å². The van der Waals surface area contributed by atoms with Gasteiger partial charge in [-0.15, -0.1) is 11.8 Å². The summed E-state index contributed by atoms with van der Waals surface area (Å²) in [5.41, 5.74) is -1.82. The topological polar surface area (TPSA) is 55.1 Å². The largest absolute Gasteiger partial charge is 0.390 e. The third-order valence-electron chi connectivity index (χ3n) is 9.87. The van der Waals surface area contributed by atoms with E-state index in [9.17, 15) is 9.90 Å². The predicted octanol–water partition coefficient (Wildman–Crippen LogP) is 5.29. The fraction of sp³-hybridized carbons (Fsp3) is 0.840. The lowest BCUT2D eigenvalue weighted by molar-refractivity contribution is -0.166. The Labute approximate surface area is 189 Å². The monoisotopic (exact) mass is 448 g/mol. The Morgan fingerprint density at radius 1 is 1.19 bits per heavy atom. The van der Waals surface area contributed by atoms with Gasteiger partial charge in [0.1, 0.15) is 5.67 Å². The van der Waals surface area contributed by atoms with Crippen LogP contribution in [0, 0.1) is 35.0 Å². The molecule has 0 amide bonds. The normalized spacial score (nSPS) is 46.8. The van der Waals surface area contributed by atoms with Crippen molar-refractivity contribution in [3.8, 4) is 0 Å². The average molecular weight is 449 g/mol. The van der Waals surface area contributed by atoms with Crippen molar-refractivity contribution in [2.24, 2.45) is 35.0 Å². The first kappa shape index (κ1) is 21.9. The summed E-state index contributed by atoms with van der Waals surface area (Å²) in [6, 6.07) is 0. The van der Waals surface area contributed by atoms with Crippen molar-refractivity contribution in [3.05, 3.63) is 12.4 Å². The van der Waals surface area contributed by atoms with Gasteiger partial charge in [0, 0.05) is 17.0 Å². The fourth-order valence-corrected chi connectivity index (χ4v) is 8.69. The zero-order valence-electron chi connectivity index (χ0n) is 19.1. The first-order valence-electron chi connectivity index (χ1n) is 12.2. The maximum Gasteiger partial charge on any atom is 0.157 e. The molecular formula is C25H37FN2O2S. The Hall–Kier alpha value is -0.880. The maximum atomic E-state index is 16.5. The van der Waals surface area contributed by atoms with Crippen LogP contribution in [0.5, 0.6) is 0 Å². The summed E-state index contributed by atoms with van der Waals surface area (Å²) in [6.45, 7) is 4.56. The predicted molar refractivity (Wildman–Crippen MR) is 121 cm³/mol. The lowest BCUT2D eigenvalue weighted by atomic mass is 9.48. The zero-order chi connectivity index (χ0) is 22.0.